The minimum absolute atomic E-state index is 0.335. The van der Waals surface area contributed by atoms with E-state index in [9.17, 15) is 4.79 Å². The molecule has 0 saturated heterocycles. The molecule has 2 heterocycles. The number of halogens is 1. The summed E-state index contributed by atoms with van der Waals surface area (Å²) in [6, 6.07) is 8.93. The molecule has 146 valence electrons. The first-order chi connectivity index (χ1) is 13.6. The van der Waals surface area contributed by atoms with Crippen LogP contribution < -0.4 is 14.3 Å². The molecule has 3 aromatic rings. The lowest BCUT2D eigenvalue weighted by Crippen LogP contribution is -2.20. The summed E-state index contributed by atoms with van der Waals surface area (Å²) in [5, 5.41) is 0.682. The number of methoxy groups -OCH3 is 1. The molecule has 1 aliphatic heterocycles. The van der Waals surface area contributed by atoms with E-state index in [4.69, 9.17) is 25.8 Å². The van der Waals surface area contributed by atoms with Crippen LogP contribution >= 0.6 is 22.9 Å². The molecule has 0 atom stereocenters. The van der Waals surface area contributed by atoms with Crippen molar-refractivity contribution in [2.75, 3.05) is 26.9 Å². The molecule has 28 heavy (non-hydrogen) atoms. The van der Waals surface area contributed by atoms with Crippen LogP contribution in [0.5, 0.6) is 11.5 Å². The highest BCUT2D eigenvalue weighted by Gasteiger charge is 2.16. The number of hydrogen-bond acceptors (Lipinski definition) is 5. The van der Waals surface area contributed by atoms with Gasteiger partial charge in [-0.1, -0.05) is 22.9 Å². The average Bonchev–Trinajstić information content (AvgIpc) is 3.06. The smallest absolute Gasteiger partial charge is 0.279 e. The molecule has 0 saturated carbocycles. The number of aromatic nitrogens is 1. The van der Waals surface area contributed by atoms with Gasteiger partial charge in [0.15, 0.2) is 16.3 Å². The number of rotatable bonds is 4. The van der Waals surface area contributed by atoms with Gasteiger partial charge >= 0.3 is 0 Å². The SMILES string of the molecule is COCCn1c(=NC(=O)c2ccc3c(c2)OCCO3)sc2ccc(Cl)c(C)c21. The van der Waals surface area contributed by atoms with Crippen LogP contribution in [-0.4, -0.2) is 37.4 Å². The van der Waals surface area contributed by atoms with E-state index in [0.29, 0.717) is 53.3 Å². The molecule has 4 rings (SSSR count). The second kappa shape index (κ2) is 7.95. The maximum atomic E-state index is 12.8. The molecular formula is C20H19ClN2O4S. The van der Waals surface area contributed by atoms with Crippen LogP contribution in [0.25, 0.3) is 10.2 Å². The predicted molar refractivity (Wildman–Crippen MR) is 109 cm³/mol. The Morgan fingerprint density at radius 2 is 2.04 bits per heavy atom. The van der Waals surface area contributed by atoms with Crippen molar-refractivity contribution >= 4 is 39.1 Å². The molecule has 6 nitrogen and oxygen atoms in total. The van der Waals surface area contributed by atoms with Crippen LogP contribution in [0.15, 0.2) is 35.3 Å². The number of fused-ring (bicyclic) bond motifs is 2. The summed E-state index contributed by atoms with van der Waals surface area (Å²) in [7, 11) is 1.64. The highest BCUT2D eigenvalue weighted by atomic mass is 35.5. The van der Waals surface area contributed by atoms with Gasteiger partial charge in [-0.15, -0.1) is 0 Å². The van der Waals surface area contributed by atoms with Gasteiger partial charge in [0, 0.05) is 24.2 Å². The Hall–Kier alpha value is -2.35. The maximum Gasteiger partial charge on any atom is 0.279 e. The molecule has 8 heteroatoms. The highest BCUT2D eigenvalue weighted by Crippen LogP contribution is 2.31. The van der Waals surface area contributed by atoms with E-state index in [-0.39, 0.29) is 5.91 Å². The fourth-order valence-electron chi connectivity index (χ4n) is 3.12. The Morgan fingerprint density at radius 1 is 1.25 bits per heavy atom. The van der Waals surface area contributed by atoms with Gasteiger partial charge in [-0.05, 0) is 42.8 Å². The topological polar surface area (TPSA) is 62.1 Å². The zero-order chi connectivity index (χ0) is 19.7. The van der Waals surface area contributed by atoms with Gasteiger partial charge in [0.2, 0.25) is 0 Å². The van der Waals surface area contributed by atoms with Crippen molar-refractivity contribution in [3.63, 3.8) is 0 Å². The lowest BCUT2D eigenvalue weighted by atomic mass is 10.2. The van der Waals surface area contributed by atoms with E-state index in [1.54, 1.807) is 25.3 Å². The molecule has 0 radical (unpaired) electrons. The number of nitrogens with zero attached hydrogens (tertiary/aromatic N) is 2. The molecule has 2 aromatic carbocycles. The van der Waals surface area contributed by atoms with Crippen molar-refractivity contribution in [2.45, 2.75) is 13.5 Å². The third-order valence-electron chi connectivity index (χ3n) is 4.54. The molecule has 0 aliphatic carbocycles. The van der Waals surface area contributed by atoms with Crippen LogP contribution in [0.4, 0.5) is 0 Å². The molecule has 0 bridgehead atoms. The van der Waals surface area contributed by atoms with E-state index in [1.165, 1.54) is 11.3 Å². The molecule has 1 aromatic heterocycles. The monoisotopic (exact) mass is 418 g/mol. The Bertz CT molecular complexity index is 1120. The minimum Gasteiger partial charge on any atom is -0.486 e. The summed E-state index contributed by atoms with van der Waals surface area (Å²) in [6.07, 6.45) is 0. The number of carbonyl (C=O) groups excluding carboxylic acids is 1. The van der Waals surface area contributed by atoms with Crippen molar-refractivity contribution in [3.05, 3.63) is 51.3 Å². The number of aryl methyl sites for hydroxylation is 1. The van der Waals surface area contributed by atoms with Crippen LogP contribution in [0, 0.1) is 6.92 Å². The van der Waals surface area contributed by atoms with Crippen LogP contribution in [0.3, 0.4) is 0 Å². The highest BCUT2D eigenvalue weighted by molar-refractivity contribution is 7.16. The molecule has 1 amide bonds. The third kappa shape index (κ3) is 3.53. The Balaban J connectivity index is 1.80. The summed E-state index contributed by atoms with van der Waals surface area (Å²) in [6.45, 7) is 4.02. The summed E-state index contributed by atoms with van der Waals surface area (Å²) >= 11 is 7.76. The number of amides is 1. The second-order valence-corrected chi connectivity index (χ2v) is 7.74. The summed E-state index contributed by atoms with van der Waals surface area (Å²) in [5.74, 6) is 0.877. The van der Waals surface area contributed by atoms with Crippen LogP contribution in [0.1, 0.15) is 15.9 Å². The Kier molecular flexibility index (Phi) is 5.39. The van der Waals surface area contributed by atoms with E-state index in [1.807, 2.05) is 23.6 Å². The van der Waals surface area contributed by atoms with Gasteiger partial charge in [0.1, 0.15) is 13.2 Å². The molecular weight excluding hydrogens is 400 g/mol. The van der Waals surface area contributed by atoms with Gasteiger partial charge in [-0.2, -0.15) is 4.99 Å². The molecule has 0 fully saturated rings. The fraction of sp³-hybridized carbons (Fsp3) is 0.300. The van der Waals surface area contributed by atoms with Gasteiger partial charge in [0.05, 0.1) is 16.8 Å². The molecule has 0 spiro atoms. The fourth-order valence-corrected chi connectivity index (χ4v) is 4.39. The zero-order valence-corrected chi connectivity index (χ0v) is 17.1. The van der Waals surface area contributed by atoms with Gasteiger partial charge < -0.3 is 18.8 Å². The first-order valence-corrected chi connectivity index (χ1v) is 10.0. The zero-order valence-electron chi connectivity index (χ0n) is 15.5. The predicted octanol–water partition coefficient (Wildman–Crippen LogP) is 3.82. The summed E-state index contributed by atoms with van der Waals surface area (Å²) < 4.78 is 19.3. The van der Waals surface area contributed by atoms with Crippen molar-refractivity contribution in [1.29, 1.82) is 0 Å². The van der Waals surface area contributed by atoms with E-state index < -0.39 is 0 Å². The van der Waals surface area contributed by atoms with Crippen molar-refractivity contribution in [3.8, 4) is 11.5 Å². The number of thiazole rings is 1. The van der Waals surface area contributed by atoms with E-state index in [2.05, 4.69) is 4.99 Å². The Morgan fingerprint density at radius 3 is 2.82 bits per heavy atom. The number of carbonyl (C=O) groups is 1. The molecule has 0 N–H and O–H groups in total. The number of benzene rings is 2. The van der Waals surface area contributed by atoms with E-state index >= 15 is 0 Å². The normalized spacial score (nSPS) is 13.9. The summed E-state index contributed by atoms with van der Waals surface area (Å²) in [5.41, 5.74) is 2.39. The van der Waals surface area contributed by atoms with Crippen molar-refractivity contribution in [2.24, 2.45) is 4.99 Å². The van der Waals surface area contributed by atoms with Crippen LogP contribution in [-0.2, 0) is 11.3 Å². The van der Waals surface area contributed by atoms with Gasteiger partial charge in [-0.3, -0.25) is 4.79 Å². The second-order valence-electron chi connectivity index (χ2n) is 6.32. The maximum absolute atomic E-state index is 12.8. The van der Waals surface area contributed by atoms with Gasteiger partial charge in [0.25, 0.3) is 5.91 Å². The van der Waals surface area contributed by atoms with Crippen LogP contribution in [0.2, 0.25) is 5.02 Å². The number of ether oxygens (including phenoxy) is 3. The van der Waals surface area contributed by atoms with Crippen molar-refractivity contribution in [1.82, 2.24) is 4.57 Å². The standard InChI is InChI=1S/C20H19ClN2O4S/c1-12-14(21)4-6-17-18(12)23(7-8-25-2)20(28-17)22-19(24)13-3-5-15-16(11-13)27-10-9-26-15/h3-6,11H,7-10H2,1-2H3. The van der Waals surface area contributed by atoms with Gasteiger partial charge in [-0.25, -0.2) is 0 Å². The van der Waals surface area contributed by atoms with E-state index in [0.717, 1.165) is 15.8 Å². The lowest BCUT2D eigenvalue weighted by Gasteiger charge is -2.18. The quantitative estimate of drug-likeness (QED) is 0.646. The lowest BCUT2D eigenvalue weighted by molar-refractivity contribution is 0.0996. The largest absolute Gasteiger partial charge is 0.486 e. The summed E-state index contributed by atoms with van der Waals surface area (Å²) in [4.78, 5) is 17.8. The molecule has 0 unspecified atom stereocenters. The van der Waals surface area contributed by atoms with Crippen molar-refractivity contribution < 1.29 is 19.0 Å². The average molecular weight is 419 g/mol. The first kappa shape index (κ1) is 19.0. The first-order valence-electron chi connectivity index (χ1n) is 8.84. The number of hydrogen-bond donors (Lipinski definition) is 0. The minimum atomic E-state index is -0.335. The Labute approximate surface area is 170 Å². The third-order valence-corrected chi connectivity index (χ3v) is 5.99. The molecule has 1 aliphatic rings.